The Bertz CT molecular complexity index is 656. The summed E-state index contributed by atoms with van der Waals surface area (Å²) in [6, 6.07) is 13.7. The molecule has 2 aromatic rings. The quantitative estimate of drug-likeness (QED) is 0.935. The van der Waals surface area contributed by atoms with E-state index in [1.54, 1.807) is 0 Å². The van der Waals surface area contributed by atoms with Crippen molar-refractivity contribution in [3.8, 4) is 17.4 Å². The molecule has 2 heterocycles. The van der Waals surface area contributed by atoms with Gasteiger partial charge in [0.1, 0.15) is 11.5 Å². The average Bonchev–Trinajstić information content (AvgIpc) is 3.17. The molecule has 4 heteroatoms. The predicted molar refractivity (Wildman–Crippen MR) is 81.3 cm³/mol. The number of nitriles is 1. The minimum atomic E-state index is 0.610. The molecule has 0 amide bonds. The summed E-state index contributed by atoms with van der Waals surface area (Å²) in [7, 11) is 0. The molecule has 1 atom stereocenters. The monoisotopic (exact) mass is 281 g/mol. The molecule has 0 radical (unpaired) electrons. The number of benzene rings is 1. The Morgan fingerprint density at radius 3 is 2.90 bits per heavy atom. The second-order valence-corrected chi connectivity index (χ2v) is 5.55. The normalized spacial score (nSPS) is 18.8. The van der Waals surface area contributed by atoms with Gasteiger partial charge >= 0.3 is 0 Å². The van der Waals surface area contributed by atoms with Gasteiger partial charge in [-0.3, -0.25) is 4.90 Å². The number of nitrogens with two attached hydrogens (primary N) is 1. The molecular formula is C17H19N3O. The number of nitrogens with zero attached hydrogens (tertiary/aromatic N) is 2. The fraction of sp³-hybridized carbons (Fsp3) is 0.353. The summed E-state index contributed by atoms with van der Waals surface area (Å²) in [5.74, 6) is 2.31. The molecule has 1 aliphatic rings. The maximum atomic E-state index is 9.16. The van der Waals surface area contributed by atoms with E-state index in [-0.39, 0.29) is 0 Å². The topological polar surface area (TPSA) is 66.2 Å². The van der Waals surface area contributed by atoms with E-state index in [0.717, 1.165) is 43.3 Å². The molecule has 3 rings (SSSR count). The molecule has 0 aliphatic carbocycles. The van der Waals surface area contributed by atoms with Gasteiger partial charge in [-0.25, -0.2) is 0 Å². The van der Waals surface area contributed by atoms with Gasteiger partial charge < -0.3 is 10.2 Å². The Balaban J connectivity index is 1.74. The molecule has 1 aromatic heterocycles. The second kappa shape index (κ2) is 6.13. The minimum absolute atomic E-state index is 0.610. The zero-order chi connectivity index (χ0) is 14.7. The smallest absolute Gasteiger partial charge is 0.135 e. The van der Waals surface area contributed by atoms with Crippen LogP contribution in [0.5, 0.6) is 0 Å². The van der Waals surface area contributed by atoms with E-state index in [9.17, 15) is 0 Å². The molecule has 0 bridgehead atoms. The standard InChI is InChI=1S/C17H19N3O/c18-9-13-7-8-20(11-13)12-15-5-6-17(21-15)16-4-2-1-3-14(16)10-19/h1-6,13H,7-9,11-12,18H2/t13-/m1/s1. The number of furan rings is 1. The highest BCUT2D eigenvalue weighted by Gasteiger charge is 2.22. The summed E-state index contributed by atoms with van der Waals surface area (Å²) >= 11 is 0. The first-order valence-electron chi connectivity index (χ1n) is 7.31. The van der Waals surface area contributed by atoms with E-state index in [4.69, 9.17) is 15.4 Å². The van der Waals surface area contributed by atoms with Gasteiger partial charge in [0.25, 0.3) is 0 Å². The number of rotatable bonds is 4. The highest BCUT2D eigenvalue weighted by atomic mass is 16.3. The van der Waals surface area contributed by atoms with Gasteiger partial charge in [-0.05, 0) is 49.7 Å². The number of hydrogen-bond donors (Lipinski definition) is 1. The van der Waals surface area contributed by atoms with Crippen molar-refractivity contribution < 1.29 is 4.42 Å². The first kappa shape index (κ1) is 13.9. The molecule has 0 spiro atoms. The summed E-state index contributed by atoms with van der Waals surface area (Å²) in [4.78, 5) is 2.37. The first-order valence-corrected chi connectivity index (χ1v) is 7.31. The van der Waals surface area contributed by atoms with Gasteiger partial charge in [0.2, 0.25) is 0 Å². The summed E-state index contributed by atoms with van der Waals surface area (Å²) in [6.07, 6.45) is 1.17. The van der Waals surface area contributed by atoms with Crippen molar-refractivity contribution in [1.82, 2.24) is 4.90 Å². The molecule has 1 aromatic carbocycles. The first-order chi connectivity index (χ1) is 10.3. The van der Waals surface area contributed by atoms with Gasteiger partial charge in [0, 0.05) is 12.1 Å². The molecule has 1 saturated heterocycles. The third kappa shape index (κ3) is 2.99. The fourth-order valence-electron chi connectivity index (χ4n) is 2.87. The summed E-state index contributed by atoms with van der Waals surface area (Å²) < 4.78 is 5.92. The lowest BCUT2D eigenvalue weighted by molar-refractivity contribution is 0.289. The largest absolute Gasteiger partial charge is 0.460 e. The van der Waals surface area contributed by atoms with Gasteiger partial charge in [-0.15, -0.1) is 0 Å². The van der Waals surface area contributed by atoms with Crippen molar-refractivity contribution in [2.45, 2.75) is 13.0 Å². The van der Waals surface area contributed by atoms with Gasteiger partial charge in [-0.1, -0.05) is 12.1 Å². The van der Waals surface area contributed by atoms with E-state index in [2.05, 4.69) is 11.0 Å². The lowest BCUT2D eigenvalue weighted by Gasteiger charge is -2.13. The Kier molecular flexibility index (Phi) is 4.05. The summed E-state index contributed by atoms with van der Waals surface area (Å²) in [5.41, 5.74) is 7.22. The maximum Gasteiger partial charge on any atom is 0.135 e. The van der Waals surface area contributed by atoms with E-state index in [1.165, 1.54) is 6.42 Å². The Hall–Kier alpha value is -2.09. The lowest BCUT2D eigenvalue weighted by Crippen LogP contribution is -2.22. The van der Waals surface area contributed by atoms with Crippen LogP contribution in [0.15, 0.2) is 40.8 Å². The highest BCUT2D eigenvalue weighted by Crippen LogP contribution is 2.26. The van der Waals surface area contributed by atoms with Gasteiger partial charge in [0.15, 0.2) is 0 Å². The average molecular weight is 281 g/mol. The van der Waals surface area contributed by atoms with Crippen LogP contribution in [-0.2, 0) is 6.54 Å². The molecule has 1 aliphatic heterocycles. The predicted octanol–water partition coefficient (Wildman–Crippen LogP) is 2.60. The van der Waals surface area contributed by atoms with E-state index in [1.807, 2.05) is 36.4 Å². The zero-order valence-corrected chi connectivity index (χ0v) is 12.0. The van der Waals surface area contributed by atoms with Gasteiger partial charge in [-0.2, -0.15) is 5.26 Å². The summed E-state index contributed by atoms with van der Waals surface area (Å²) in [6.45, 7) is 3.69. The van der Waals surface area contributed by atoms with Crippen LogP contribution >= 0.6 is 0 Å². The molecule has 4 nitrogen and oxygen atoms in total. The number of hydrogen-bond acceptors (Lipinski definition) is 4. The van der Waals surface area contributed by atoms with Crippen LogP contribution in [0.2, 0.25) is 0 Å². The van der Waals surface area contributed by atoms with Crippen LogP contribution in [0.3, 0.4) is 0 Å². The Morgan fingerprint density at radius 1 is 1.29 bits per heavy atom. The van der Waals surface area contributed by atoms with Crippen LogP contribution < -0.4 is 5.73 Å². The molecule has 1 fully saturated rings. The zero-order valence-electron chi connectivity index (χ0n) is 12.0. The van der Waals surface area contributed by atoms with Crippen molar-refractivity contribution in [3.05, 3.63) is 47.7 Å². The minimum Gasteiger partial charge on any atom is -0.460 e. The van der Waals surface area contributed by atoms with Crippen molar-refractivity contribution >= 4 is 0 Å². The molecule has 21 heavy (non-hydrogen) atoms. The van der Waals surface area contributed by atoms with Gasteiger partial charge in [0.05, 0.1) is 18.2 Å². The summed E-state index contributed by atoms with van der Waals surface area (Å²) in [5, 5.41) is 9.16. The molecular weight excluding hydrogens is 262 g/mol. The highest BCUT2D eigenvalue weighted by molar-refractivity contribution is 5.66. The Labute approximate surface area is 124 Å². The third-order valence-corrected chi connectivity index (χ3v) is 4.06. The second-order valence-electron chi connectivity index (χ2n) is 5.55. The van der Waals surface area contributed by atoms with E-state index < -0.39 is 0 Å². The van der Waals surface area contributed by atoms with Crippen LogP contribution in [0.4, 0.5) is 0 Å². The van der Waals surface area contributed by atoms with Crippen molar-refractivity contribution in [3.63, 3.8) is 0 Å². The number of likely N-dealkylation sites (tertiary alicyclic amines) is 1. The molecule has 0 unspecified atom stereocenters. The van der Waals surface area contributed by atoms with E-state index in [0.29, 0.717) is 11.5 Å². The lowest BCUT2D eigenvalue weighted by atomic mass is 10.1. The molecule has 108 valence electrons. The van der Waals surface area contributed by atoms with Crippen molar-refractivity contribution in [2.24, 2.45) is 11.7 Å². The fourth-order valence-corrected chi connectivity index (χ4v) is 2.87. The molecule has 0 saturated carbocycles. The third-order valence-electron chi connectivity index (χ3n) is 4.06. The Morgan fingerprint density at radius 2 is 2.14 bits per heavy atom. The van der Waals surface area contributed by atoms with Crippen molar-refractivity contribution in [1.29, 1.82) is 5.26 Å². The maximum absolute atomic E-state index is 9.16. The van der Waals surface area contributed by atoms with Crippen LogP contribution in [0.25, 0.3) is 11.3 Å². The van der Waals surface area contributed by atoms with Crippen molar-refractivity contribution in [2.75, 3.05) is 19.6 Å². The van der Waals surface area contributed by atoms with E-state index >= 15 is 0 Å². The van der Waals surface area contributed by atoms with Crippen LogP contribution in [0.1, 0.15) is 17.7 Å². The van der Waals surface area contributed by atoms with Crippen LogP contribution in [-0.4, -0.2) is 24.5 Å². The SMILES string of the molecule is N#Cc1ccccc1-c1ccc(CN2CC[C@H](CN)C2)o1. The molecule has 2 N–H and O–H groups in total. The van der Waals surface area contributed by atoms with Crippen LogP contribution in [0, 0.1) is 17.2 Å².